The summed E-state index contributed by atoms with van der Waals surface area (Å²) in [6, 6.07) is 2.12. The molecule has 1 unspecified atom stereocenters. The Kier molecular flexibility index (Phi) is 4.91. The molecule has 0 aromatic carbocycles. The van der Waals surface area contributed by atoms with Gasteiger partial charge >= 0.3 is 0 Å². The lowest BCUT2D eigenvalue weighted by atomic mass is 10.2. The number of hydrogen-bond donors (Lipinski definition) is 2. The van der Waals surface area contributed by atoms with Gasteiger partial charge in [-0.3, -0.25) is 4.99 Å². The van der Waals surface area contributed by atoms with Crippen LogP contribution in [0.3, 0.4) is 0 Å². The smallest absolute Gasteiger partial charge is 0.190 e. The topological polar surface area (TPSA) is 60.2 Å². The lowest BCUT2D eigenvalue weighted by Gasteiger charge is -2.08. The Morgan fingerprint density at radius 3 is 2.73 bits per heavy atom. The molecule has 0 aliphatic carbocycles. The minimum Gasteiger partial charge on any atom is -0.359 e. The summed E-state index contributed by atoms with van der Waals surface area (Å²) in [5.41, 5.74) is 0. The van der Waals surface area contributed by atoms with Crippen LogP contribution in [-0.2, 0) is 0 Å². The van der Waals surface area contributed by atoms with Crippen LogP contribution in [0, 0.1) is 17.2 Å². The van der Waals surface area contributed by atoms with E-state index in [2.05, 4.69) is 21.7 Å². The predicted octanol–water partition coefficient (Wildman–Crippen LogP) is -0.0591. The Hall–Kier alpha value is -1.24. The first-order valence-electron chi connectivity index (χ1n) is 3.52. The van der Waals surface area contributed by atoms with Crippen LogP contribution >= 0.6 is 0 Å². The van der Waals surface area contributed by atoms with Gasteiger partial charge in [-0.25, -0.2) is 0 Å². The highest BCUT2D eigenvalue weighted by atomic mass is 15.1. The van der Waals surface area contributed by atoms with Gasteiger partial charge in [0.2, 0.25) is 0 Å². The second-order valence-electron chi connectivity index (χ2n) is 2.23. The zero-order valence-electron chi connectivity index (χ0n) is 7.18. The van der Waals surface area contributed by atoms with Crippen molar-refractivity contribution < 1.29 is 0 Å². The molecule has 0 aliphatic rings. The lowest BCUT2D eigenvalue weighted by Crippen LogP contribution is -2.36. The molecule has 0 amide bonds. The first-order chi connectivity index (χ1) is 5.24. The maximum Gasteiger partial charge on any atom is 0.190 e. The number of nitrogens with one attached hydrogen (secondary N) is 2. The van der Waals surface area contributed by atoms with Crippen LogP contribution in [0.25, 0.3) is 0 Å². The largest absolute Gasteiger partial charge is 0.359 e. The van der Waals surface area contributed by atoms with E-state index in [1.807, 2.05) is 6.92 Å². The van der Waals surface area contributed by atoms with Crippen LogP contribution in [0.4, 0.5) is 0 Å². The van der Waals surface area contributed by atoms with Gasteiger partial charge in [0.05, 0.1) is 12.0 Å². The number of guanidine groups is 1. The average Bonchev–Trinajstić information content (AvgIpc) is 2.06. The molecule has 0 aromatic rings. The van der Waals surface area contributed by atoms with Gasteiger partial charge in [-0.15, -0.1) is 0 Å². The third-order valence-corrected chi connectivity index (χ3v) is 1.26. The van der Waals surface area contributed by atoms with Crippen molar-refractivity contribution in [1.82, 2.24) is 10.6 Å². The third-order valence-electron chi connectivity index (χ3n) is 1.26. The van der Waals surface area contributed by atoms with Gasteiger partial charge in [0.25, 0.3) is 0 Å². The minimum absolute atomic E-state index is 0.0140. The van der Waals surface area contributed by atoms with E-state index in [-0.39, 0.29) is 5.92 Å². The predicted molar refractivity (Wildman–Crippen MR) is 45.2 cm³/mol. The molecule has 62 valence electrons. The molecule has 0 fully saturated rings. The number of aliphatic imine (C=N–C) groups is 1. The molecule has 0 bridgehead atoms. The lowest BCUT2D eigenvalue weighted by molar-refractivity contribution is 0.691. The molecule has 0 spiro atoms. The second-order valence-corrected chi connectivity index (χ2v) is 2.23. The fraction of sp³-hybridized carbons (Fsp3) is 0.714. The van der Waals surface area contributed by atoms with Gasteiger partial charge < -0.3 is 10.6 Å². The monoisotopic (exact) mass is 154 g/mol. The van der Waals surface area contributed by atoms with Crippen molar-refractivity contribution in [3.8, 4) is 6.07 Å². The Morgan fingerprint density at radius 2 is 2.36 bits per heavy atom. The molecule has 0 rings (SSSR count). The molecule has 11 heavy (non-hydrogen) atoms. The van der Waals surface area contributed by atoms with Crippen molar-refractivity contribution in [2.45, 2.75) is 6.92 Å². The van der Waals surface area contributed by atoms with Gasteiger partial charge in [0.1, 0.15) is 0 Å². The van der Waals surface area contributed by atoms with Crippen LogP contribution in [-0.4, -0.2) is 26.6 Å². The van der Waals surface area contributed by atoms with Gasteiger partial charge in [0, 0.05) is 20.6 Å². The Bertz CT molecular complexity index is 168. The van der Waals surface area contributed by atoms with Crippen molar-refractivity contribution in [2.24, 2.45) is 10.9 Å². The molecule has 1 atom stereocenters. The maximum atomic E-state index is 8.44. The van der Waals surface area contributed by atoms with Gasteiger partial charge in [0.15, 0.2) is 5.96 Å². The molecular formula is C7H14N4. The molecule has 0 saturated heterocycles. The molecule has 0 radical (unpaired) electrons. The Labute approximate surface area is 67.3 Å². The molecule has 4 heteroatoms. The summed E-state index contributed by atoms with van der Waals surface area (Å²) in [7, 11) is 3.47. The summed E-state index contributed by atoms with van der Waals surface area (Å²) in [5.74, 6) is 0.729. The molecule has 0 aromatic heterocycles. The summed E-state index contributed by atoms with van der Waals surface area (Å²) in [4.78, 5) is 3.90. The van der Waals surface area contributed by atoms with Crippen molar-refractivity contribution in [3.63, 3.8) is 0 Å². The second kappa shape index (κ2) is 5.54. The van der Waals surface area contributed by atoms with E-state index in [0.717, 1.165) is 0 Å². The number of hydrogen-bond acceptors (Lipinski definition) is 2. The van der Waals surface area contributed by atoms with Crippen molar-refractivity contribution in [1.29, 1.82) is 5.26 Å². The molecule has 0 aliphatic heterocycles. The molecule has 4 nitrogen and oxygen atoms in total. The highest BCUT2D eigenvalue weighted by Crippen LogP contribution is 1.86. The van der Waals surface area contributed by atoms with Gasteiger partial charge in [-0.05, 0) is 6.92 Å². The van der Waals surface area contributed by atoms with E-state index < -0.39 is 0 Å². The van der Waals surface area contributed by atoms with Crippen LogP contribution in [0.2, 0.25) is 0 Å². The third kappa shape index (κ3) is 4.20. The minimum atomic E-state index is 0.0140. The van der Waals surface area contributed by atoms with E-state index >= 15 is 0 Å². The Balaban J connectivity index is 3.62. The highest BCUT2D eigenvalue weighted by molar-refractivity contribution is 5.79. The first-order valence-corrected chi connectivity index (χ1v) is 3.52. The normalized spacial score (nSPS) is 13.5. The van der Waals surface area contributed by atoms with Crippen LogP contribution in [0.15, 0.2) is 4.99 Å². The number of nitrogens with zero attached hydrogens (tertiary/aromatic N) is 2. The first kappa shape index (κ1) is 9.76. The fourth-order valence-corrected chi connectivity index (χ4v) is 0.575. The molecule has 0 saturated carbocycles. The Morgan fingerprint density at radius 1 is 1.73 bits per heavy atom. The maximum absolute atomic E-state index is 8.44. The van der Waals surface area contributed by atoms with Crippen molar-refractivity contribution in [3.05, 3.63) is 0 Å². The van der Waals surface area contributed by atoms with E-state index in [1.165, 1.54) is 0 Å². The van der Waals surface area contributed by atoms with Crippen molar-refractivity contribution >= 4 is 5.96 Å². The fourth-order valence-electron chi connectivity index (χ4n) is 0.575. The standard InChI is InChI=1S/C7H14N4/c1-6(4-8)5-11-7(9-2)10-3/h6H,5H2,1-3H3,(H2,9,10,11). The molecular weight excluding hydrogens is 140 g/mol. The van der Waals surface area contributed by atoms with Gasteiger partial charge in [-0.1, -0.05) is 0 Å². The van der Waals surface area contributed by atoms with Gasteiger partial charge in [-0.2, -0.15) is 5.26 Å². The number of nitriles is 1. The summed E-state index contributed by atoms with van der Waals surface area (Å²) >= 11 is 0. The van der Waals surface area contributed by atoms with Crippen LogP contribution in [0.5, 0.6) is 0 Å². The molecule has 0 heterocycles. The number of rotatable bonds is 2. The quantitative estimate of drug-likeness (QED) is 0.433. The highest BCUT2D eigenvalue weighted by Gasteiger charge is 1.98. The zero-order valence-corrected chi connectivity index (χ0v) is 7.18. The molecule has 2 N–H and O–H groups in total. The van der Waals surface area contributed by atoms with Crippen LogP contribution in [0.1, 0.15) is 6.92 Å². The SMILES string of the molecule is CN=C(NC)NCC(C)C#N. The summed E-state index contributed by atoms with van der Waals surface area (Å²) < 4.78 is 0. The average molecular weight is 154 g/mol. The van der Waals surface area contributed by atoms with E-state index in [4.69, 9.17) is 5.26 Å². The van der Waals surface area contributed by atoms with Crippen molar-refractivity contribution in [2.75, 3.05) is 20.6 Å². The van der Waals surface area contributed by atoms with E-state index in [0.29, 0.717) is 12.5 Å². The zero-order chi connectivity index (χ0) is 8.69. The van der Waals surface area contributed by atoms with E-state index in [1.54, 1.807) is 14.1 Å². The summed E-state index contributed by atoms with van der Waals surface area (Å²) in [6.45, 7) is 2.49. The van der Waals surface area contributed by atoms with E-state index in [9.17, 15) is 0 Å². The summed E-state index contributed by atoms with van der Waals surface area (Å²) in [6.07, 6.45) is 0. The summed E-state index contributed by atoms with van der Waals surface area (Å²) in [5, 5.41) is 14.3. The van der Waals surface area contributed by atoms with Crippen LogP contribution < -0.4 is 10.6 Å².